The number of carbonyl (C=O) groups is 2. The van der Waals surface area contributed by atoms with Crippen LogP contribution in [-0.2, 0) is 11.2 Å². The first-order valence-electron chi connectivity index (χ1n) is 6.89. The van der Waals surface area contributed by atoms with Gasteiger partial charge in [-0.15, -0.1) is 0 Å². The number of fused-ring (bicyclic) bond motifs is 1. The normalized spacial score (nSPS) is 25.3. The van der Waals surface area contributed by atoms with Gasteiger partial charge in [-0.3, -0.25) is 9.59 Å². The van der Waals surface area contributed by atoms with Crippen LogP contribution in [0.3, 0.4) is 0 Å². The molecule has 0 saturated carbocycles. The molecular formula is C15H18N2O3. The fourth-order valence-electron chi connectivity index (χ4n) is 2.92. The molecule has 2 aliphatic heterocycles. The lowest BCUT2D eigenvalue weighted by Gasteiger charge is -2.36. The van der Waals surface area contributed by atoms with Gasteiger partial charge in [0.2, 0.25) is 5.91 Å². The number of anilines is 1. The smallest absolute Gasteiger partial charge is 0.254 e. The maximum atomic E-state index is 12.5. The summed E-state index contributed by atoms with van der Waals surface area (Å²) in [5.41, 5.74) is 1.41. The average Bonchev–Trinajstić information content (AvgIpc) is 2.75. The van der Waals surface area contributed by atoms with E-state index in [9.17, 15) is 14.7 Å². The molecule has 0 bridgehead atoms. The number of hydrogen-bond donors (Lipinski definition) is 2. The molecule has 0 radical (unpaired) electrons. The Morgan fingerprint density at radius 2 is 2.25 bits per heavy atom. The van der Waals surface area contributed by atoms with E-state index in [1.165, 1.54) is 0 Å². The van der Waals surface area contributed by atoms with Crippen LogP contribution in [0.4, 0.5) is 5.69 Å². The van der Waals surface area contributed by atoms with Crippen molar-refractivity contribution in [3.63, 3.8) is 0 Å². The number of piperidine rings is 1. The summed E-state index contributed by atoms with van der Waals surface area (Å²) in [4.78, 5) is 25.5. The molecule has 106 valence electrons. The topological polar surface area (TPSA) is 69.6 Å². The number of aliphatic hydroxyl groups is 1. The van der Waals surface area contributed by atoms with Crippen molar-refractivity contribution in [2.45, 2.75) is 31.8 Å². The summed E-state index contributed by atoms with van der Waals surface area (Å²) in [5, 5.41) is 12.8. The van der Waals surface area contributed by atoms with Crippen molar-refractivity contribution in [1.82, 2.24) is 4.90 Å². The van der Waals surface area contributed by atoms with Crippen LogP contribution in [-0.4, -0.2) is 40.5 Å². The van der Waals surface area contributed by atoms with Gasteiger partial charge < -0.3 is 15.3 Å². The molecule has 0 spiro atoms. The Morgan fingerprint density at radius 3 is 3.00 bits per heavy atom. The minimum absolute atomic E-state index is 0.0366. The van der Waals surface area contributed by atoms with E-state index in [0.29, 0.717) is 25.1 Å². The van der Waals surface area contributed by atoms with E-state index < -0.39 is 5.60 Å². The summed E-state index contributed by atoms with van der Waals surface area (Å²) in [6.07, 6.45) is 1.90. The summed E-state index contributed by atoms with van der Waals surface area (Å²) in [6, 6.07) is 5.30. The fraction of sp³-hybridized carbons (Fsp3) is 0.467. The minimum Gasteiger partial charge on any atom is -0.388 e. The average molecular weight is 274 g/mol. The van der Waals surface area contributed by atoms with E-state index >= 15 is 0 Å². The maximum absolute atomic E-state index is 12.5. The van der Waals surface area contributed by atoms with Gasteiger partial charge in [-0.25, -0.2) is 0 Å². The molecular weight excluding hydrogens is 256 g/mol. The van der Waals surface area contributed by atoms with Crippen molar-refractivity contribution >= 4 is 17.5 Å². The van der Waals surface area contributed by atoms with Crippen LogP contribution in [0.15, 0.2) is 18.2 Å². The molecule has 1 aromatic carbocycles. The molecule has 2 aliphatic rings. The molecule has 3 rings (SSSR count). The van der Waals surface area contributed by atoms with Crippen molar-refractivity contribution in [2.24, 2.45) is 0 Å². The highest BCUT2D eigenvalue weighted by molar-refractivity contribution is 6.02. The summed E-state index contributed by atoms with van der Waals surface area (Å²) in [5.74, 6) is -0.126. The lowest BCUT2D eigenvalue weighted by atomic mass is 9.94. The SMILES string of the molecule is CC1(O)CCCN(C(=O)c2ccc3c(c2)NC(=O)C3)C1. The molecule has 5 heteroatoms. The number of rotatable bonds is 1. The molecule has 2 amide bonds. The lowest BCUT2D eigenvalue weighted by Crippen LogP contribution is -2.48. The molecule has 0 aliphatic carbocycles. The van der Waals surface area contributed by atoms with Gasteiger partial charge in [0, 0.05) is 24.3 Å². The Balaban J connectivity index is 1.81. The molecule has 5 nitrogen and oxygen atoms in total. The van der Waals surface area contributed by atoms with E-state index in [0.717, 1.165) is 24.1 Å². The van der Waals surface area contributed by atoms with E-state index in [1.807, 2.05) is 6.07 Å². The zero-order chi connectivity index (χ0) is 14.3. The molecule has 0 aromatic heterocycles. The molecule has 20 heavy (non-hydrogen) atoms. The summed E-state index contributed by atoms with van der Waals surface area (Å²) >= 11 is 0. The number of benzene rings is 1. The highest BCUT2D eigenvalue weighted by atomic mass is 16.3. The van der Waals surface area contributed by atoms with E-state index in [4.69, 9.17) is 0 Å². The lowest BCUT2D eigenvalue weighted by molar-refractivity contribution is -0.115. The van der Waals surface area contributed by atoms with Gasteiger partial charge in [0.05, 0.1) is 12.0 Å². The van der Waals surface area contributed by atoms with Crippen LogP contribution in [0.5, 0.6) is 0 Å². The van der Waals surface area contributed by atoms with Gasteiger partial charge in [-0.2, -0.15) is 0 Å². The van der Waals surface area contributed by atoms with E-state index in [1.54, 1.807) is 24.0 Å². The van der Waals surface area contributed by atoms with Gasteiger partial charge >= 0.3 is 0 Å². The monoisotopic (exact) mass is 274 g/mol. The molecule has 1 aromatic rings. The first-order valence-corrected chi connectivity index (χ1v) is 6.89. The molecule has 1 unspecified atom stereocenters. The van der Waals surface area contributed by atoms with Gasteiger partial charge in [0.1, 0.15) is 0 Å². The minimum atomic E-state index is -0.807. The predicted octanol–water partition coefficient (Wildman–Crippen LogP) is 1.17. The first-order chi connectivity index (χ1) is 9.44. The van der Waals surface area contributed by atoms with Gasteiger partial charge in [0.25, 0.3) is 5.91 Å². The molecule has 1 saturated heterocycles. The van der Waals surface area contributed by atoms with Gasteiger partial charge in [-0.05, 0) is 37.5 Å². The van der Waals surface area contributed by atoms with Crippen molar-refractivity contribution in [3.8, 4) is 0 Å². The quantitative estimate of drug-likeness (QED) is 0.807. The Labute approximate surface area is 117 Å². The third kappa shape index (κ3) is 2.41. The van der Waals surface area contributed by atoms with Gasteiger partial charge in [-0.1, -0.05) is 6.07 Å². The number of β-amino-alcohol motifs (C(OH)–C–C–N with tert-alkyl or cyclic N) is 1. The molecule has 2 heterocycles. The van der Waals surface area contributed by atoms with Crippen molar-refractivity contribution in [3.05, 3.63) is 29.3 Å². The third-order valence-corrected chi connectivity index (χ3v) is 3.94. The van der Waals surface area contributed by atoms with E-state index in [-0.39, 0.29) is 11.8 Å². The van der Waals surface area contributed by atoms with Crippen molar-refractivity contribution in [1.29, 1.82) is 0 Å². The molecule has 1 atom stereocenters. The summed E-state index contributed by atoms with van der Waals surface area (Å²) in [7, 11) is 0. The van der Waals surface area contributed by atoms with E-state index in [2.05, 4.69) is 5.32 Å². The second-order valence-electron chi connectivity index (χ2n) is 5.92. The first kappa shape index (κ1) is 13.1. The Bertz CT molecular complexity index is 580. The number of likely N-dealkylation sites (tertiary alicyclic amines) is 1. The number of amides is 2. The Morgan fingerprint density at radius 1 is 1.45 bits per heavy atom. The standard InChI is InChI=1S/C15H18N2O3/c1-15(20)5-2-6-17(9-15)14(19)11-4-3-10-8-13(18)16-12(10)7-11/h3-4,7,20H,2,5-6,8-9H2,1H3,(H,16,18). The number of hydrogen-bond acceptors (Lipinski definition) is 3. The largest absolute Gasteiger partial charge is 0.388 e. The second kappa shape index (κ2) is 4.59. The van der Waals surface area contributed by atoms with Crippen LogP contribution in [0.1, 0.15) is 35.7 Å². The Kier molecular flexibility index (Phi) is 3.01. The number of nitrogens with one attached hydrogen (secondary N) is 1. The van der Waals surface area contributed by atoms with Crippen LogP contribution < -0.4 is 5.32 Å². The highest BCUT2D eigenvalue weighted by Crippen LogP contribution is 2.26. The molecule has 2 N–H and O–H groups in total. The fourth-order valence-corrected chi connectivity index (χ4v) is 2.92. The summed E-state index contributed by atoms with van der Waals surface area (Å²) < 4.78 is 0. The second-order valence-corrected chi connectivity index (χ2v) is 5.92. The van der Waals surface area contributed by atoms with Crippen LogP contribution in [0.2, 0.25) is 0 Å². The zero-order valence-corrected chi connectivity index (χ0v) is 11.5. The van der Waals surface area contributed by atoms with Crippen molar-refractivity contribution in [2.75, 3.05) is 18.4 Å². The number of nitrogens with zero attached hydrogens (tertiary/aromatic N) is 1. The highest BCUT2D eigenvalue weighted by Gasteiger charge is 2.31. The third-order valence-electron chi connectivity index (χ3n) is 3.94. The number of carbonyl (C=O) groups excluding carboxylic acids is 2. The van der Waals surface area contributed by atoms with Crippen LogP contribution in [0, 0.1) is 0 Å². The summed E-state index contributed by atoms with van der Waals surface area (Å²) in [6.45, 7) is 2.78. The molecule has 1 fully saturated rings. The Hall–Kier alpha value is -1.88. The maximum Gasteiger partial charge on any atom is 0.254 e. The zero-order valence-electron chi connectivity index (χ0n) is 11.5. The van der Waals surface area contributed by atoms with Gasteiger partial charge in [0.15, 0.2) is 0 Å². The van der Waals surface area contributed by atoms with Crippen molar-refractivity contribution < 1.29 is 14.7 Å². The predicted molar refractivity (Wildman–Crippen MR) is 74.5 cm³/mol. The van der Waals surface area contributed by atoms with Crippen LogP contribution >= 0.6 is 0 Å². The van der Waals surface area contributed by atoms with Crippen LogP contribution in [0.25, 0.3) is 0 Å².